The Balaban J connectivity index is 1.39. The Morgan fingerprint density at radius 1 is 0.368 bits per heavy atom. The van der Waals surface area contributed by atoms with Crippen molar-refractivity contribution in [3.8, 4) is 0 Å². The van der Waals surface area contributed by atoms with Crippen LogP contribution in [0, 0.1) is 0 Å². The molecule has 0 saturated carbocycles. The maximum absolute atomic E-state index is 13.5. The van der Waals surface area contributed by atoms with Gasteiger partial charge in [0.25, 0.3) is 0 Å². The standard InChI is InChI=1S/C76H145NO18/c1-3-5-7-9-11-13-15-17-19-21-23-25-27-28-29-30-32-34-36-38-40-42-44-46-48-50-52-54-64(82)77-59(60(81)53-51-49-47-45-43-41-39-37-35-33-31-26-24-22-20-18-16-14-12-10-8-6-4-2)58-90-74-70(88)67(85)72(62(56-79)92-74)95-76-71(89)68(86)73(63(57-80)93-76)94-75-69(87)66(84)65(83)61(55-78)91-75/h51,53,59-63,65-76,78-81,83-89H,3-50,52,54-58H2,1-2H3,(H,77,82)/b53-51+. The normalized spacial score (nSPS) is 27.2. The van der Waals surface area contributed by atoms with Gasteiger partial charge in [0.2, 0.25) is 5.91 Å². The number of carbonyl (C=O) groups excluding carboxylic acids is 1. The van der Waals surface area contributed by atoms with Crippen LogP contribution in [0.25, 0.3) is 0 Å². The lowest BCUT2D eigenvalue weighted by atomic mass is 9.96. The zero-order valence-corrected chi connectivity index (χ0v) is 59.9. The van der Waals surface area contributed by atoms with Crippen molar-refractivity contribution in [2.75, 3.05) is 26.4 Å². The summed E-state index contributed by atoms with van der Waals surface area (Å²) in [5.74, 6) is -0.267. The van der Waals surface area contributed by atoms with Gasteiger partial charge < -0.3 is 89.9 Å². The van der Waals surface area contributed by atoms with E-state index >= 15 is 0 Å². The van der Waals surface area contributed by atoms with Crippen molar-refractivity contribution >= 4 is 5.91 Å². The van der Waals surface area contributed by atoms with Crippen LogP contribution in [0.2, 0.25) is 0 Å². The summed E-state index contributed by atoms with van der Waals surface area (Å²) in [6.07, 6.45) is 40.5. The maximum atomic E-state index is 13.5. The zero-order valence-electron chi connectivity index (χ0n) is 59.9. The van der Waals surface area contributed by atoms with Crippen molar-refractivity contribution < 1.29 is 89.4 Å². The molecule has 3 fully saturated rings. The van der Waals surface area contributed by atoms with Gasteiger partial charge in [0.15, 0.2) is 18.9 Å². The third-order valence-electron chi connectivity index (χ3n) is 20.1. The van der Waals surface area contributed by atoms with Gasteiger partial charge in [-0.15, -0.1) is 0 Å². The van der Waals surface area contributed by atoms with Crippen LogP contribution in [0.1, 0.15) is 335 Å². The monoisotopic (exact) mass is 1360 g/mol. The van der Waals surface area contributed by atoms with Gasteiger partial charge in [0.05, 0.1) is 38.6 Å². The van der Waals surface area contributed by atoms with Gasteiger partial charge in [0, 0.05) is 6.42 Å². The van der Waals surface area contributed by atoms with Crippen LogP contribution in [0.3, 0.4) is 0 Å². The molecule has 17 unspecified atom stereocenters. The summed E-state index contributed by atoms with van der Waals surface area (Å²) in [6.45, 7) is 1.80. The van der Waals surface area contributed by atoms with E-state index in [2.05, 4.69) is 19.2 Å². The summed E-state index contributed by atoms with van der Waals surface area (Å²) in [6, 6.07) is -0.970. The first-order chi connectivity index (χ1) is 46.3. The van der Waals surface area contributed by atoms with E-state index in [9.17, 15) is 61.0 Å². The van der Waals surface area contributed by atoms with Gasteiger partial charge in [-0.3, -0.25) is 4.79 Å². The Labute approximate surface area is 576 Å². The number of carbonyl (C=O) groups is 1. The third kappa shape index (κ3) is 39.0. The molecule has 17 atom stereocenters. The quantitative estimate of drug-likeness (QED) is 0.0199. The summed E-state index contributed by atoms with van der Waals surface area (Å²) in [4.78, 5) is 13.5. The van der Waals surface area contributed by atoms with E-state index in [1.165, 1.54) is 263 Å². The number of rotatable bonds is 63. The number of hydrogen-bond donors (Lipinski definition) is 12. The van der Waals surface area contributed by atoms with E-state index in [0.29, 0.717) is 6.42 Å². The number of nitrogens with one attached hydrogen (secondary N) is 1. The second kappa shape index (κ2) is 58.1. The molecule has 3 aliphatic heterocycles. The Morgan fingerprint density at radius 2 is 0.653 bits per heavy atom. The van der Waals surface area contributed by atoms with E-state index in [0.717, 1.165) is 44.9 Å². The number of aliphatic hydroxyl groups excluding tert-OH is 11. The smallest absolute Gasteiger partial charge is 0.220 e. The van der Waals surface area contributed by atoms with Crippen molar-refractivity contribution in [1.29, 1.82) is 0 Å². The second-order valence-electron chi connectivity index (χ2n) is 28.5. The molecule has 0 aliphatic carbocycles. The van der Waals surface area contributed by atoms with E-state index in [1.54, 1.807) is 6.08 Å². The lowest BCUT2D eigenvalue weighted by Crippen LogP contribution is -2.66. The molecule has 0 aromatic carbocycles. The molecule has 1 amide bonds. The molecule has 562 valence electrons. The number of ether oxygens (including phenoxy) is 6. The first-order valence-electron chi connectivity index (χ1n) is 39.4. The first-order valence-corrected chi connectivity index (χ1v) is 39.4. The summed E-state index contributed by atoms with van der Waals surface area (Å²) in [5.41, 5.74) is 0. The van der Waals surface area contributed by atoms with Gasteiger partial charge in [-0.2, -0.15) is 0 Å². The topological polar surface area (TPSA) is 307 Å². The van der Waals surface area contributed by atoms with Crippen molar-refractivity contribution in [2.24, 2.45) is 0 Å². The SMILES string of the molecule is CCCCCCCCCCCCCCCCCCCCCCC/C=C/C(O)C(COC1OC(CO)C(OC2OC(CO)C(OC3OC(CO)C(O)C(O)C3O)C(O)C2O)C(O)C1O)NC(=O)CCCCCCCCCCCCCCCCCCCCCCCCCCCCC. The predicted octanol–water partition coefficient (Wildman–Crippen LogP) is 12.4. The fourth-order valence-corrected chi connectivity index (χ4v) is 13.7. The molecular formula is C76H145NO18. The van der Waals surface area contributed by atoms with Crippen LogP contribution in [-0.4, -0.2) is 193 Å². The van der Waals surface area contributed by atoms with E-state index in [4.69, 9.17) is 28.4 Å². The van der Waals surface area contributed by atoms with Crippen LogP contribution in [0.15, 0.2) is 12.2 Å². The average Bonchev–Trinajstić information content (AvgIpc) is 0.787. The fraction of sp³-hybridized carbons (Fsp3) is 0.961. The summed E-state index contributed by atoms with van der Waals surface area (Å²) in [7, 11) is 0. The van der Waals surface area contributed by atoms with Gasteiger partial charge >= 0.3 is 0 Å². The van der Waals surface area contributed by atoms with E-state index < -0.39 is 124 Å². The largest absolute Gasteiger partial charge is 0.394 e. The molecule has 12 N–H and O–H groups in total. The minimum absolute atomic E-state index is 0.250. The number of allylic oxidation sites excluding steroid dienone is 1. The molecule has 0 spiro atoms. The molecule has 3 saturated heterocycles. The lowest BCUT2D eigenvalue weighted by Gasteiger charge is -2.48. The van der Waals surface area contributed by atoms with Crippen molar-refractivity contribution in [1.82, 2.24) is 5.32 Å². The number of hydrogen-bond acceptors (Lipinski definition) is 18. The van der Waals surface area contributed by atoms with Gasteiger partial charge in [-0.05, 0) is 19.3 Å². The summed E-state index contributed by atoms with van der Waals surface area (Å²) >= 11 is 0. The molecule has 0 aromatic heterocycles. The molecule has 0 radical (unpaired) electrons. The molecular weight excluding hydrogens is 1210 g/mol. The highest BCUT2D eigenvalue weighted by Crippen LogP contribution is 2.33. The molecule has 0 aromatic rings. The minimum atomic E-state index is -1.98. The van der Waals surface area contributed by atoms with Crippen molar-refractivity contribution in [3.63, 3.8) is 0 Å². The average molecular weight is 1360 g/mol. The predicted molar refractivity (Wildman–Crippen MR) is 374 cm³/mol. The zero-order chi connectivity index (χ0) is 68.9. The highest BCUT2D eigenvalue weighted by molar-refractivity contribution is 5.76. The van der Waals surface area contributed by atoms with Crippen LogP contribution < -0.4 is 5.32 Å². The molecule has 19 nitrogen and oxygen atoms in total. The van der Waals surface area contributed by atoms with Crippen LogP contribution in [-0.2, 0) is 33.2 Å². The highest BCUT2D eigenvalue weighted by atomic mass is 16.8. The molecule has 0 bridgehead atoms. The van der Waals surface area contributed by atoms with Gasteiger partial charge in [0.1, 0.15) is 73.2 Å². The Kier molecular flexibility index (Phi) is 53.6. The van der Waals surface area contributed by atoms with E-state index in [-0.39, 0.29) is 18.9 Å². The lowest BCUT2D eigenvalue weighted by molar-refractivity contribution is -0.379. The van der Waals surface area contributed by atoms with Crippen molar-refractivity contribution in [3.05, 3.63) is 12.2 Å². The summed E-state index contributed by atoms with van der Waals surface area (Å²) in [5, 5.41) is 121. The van der Waals surface area contributed by atoms with Crippen molar-refractivity contribution in [2.45, 2.75) is 439 Å². The number of unbranched alkanes of at least 4 members (excludes halogenated alkanes) is 47. The molecule has 3 rings (SSSR count). The molecule has 19 heteroatoms. The maximum Gasteiger partial charge on any atom is 0.220 e. The molecule has 95 heavy (non-hydrogen) atoms. The van der Waals surface area contributed by atoms with Crippen LogP contribution in [0.5, 0.6) is 0 Å². The fourth-order valence-electron chi connectivity index (χ4n) is 13.7. The van der Waals surface area contributed by atoms with Crippen LogP contribution in [0.4, 0.5) is 0 Å². The van der Waals surface area contributed by atoms with Crippen LogP contribution >= 0.6 is 0 Å². The highest BCUT2D eigenvalue weighted by Gasteiger charge is 2.53. The van der Waals surface area contributed by atoms with E-state index in [1.807, 2.05) is 6.08 Å². The minimum Gasteiger partial charge on any atom is -0.394 e. The Morgan fingerprint density at radius 3 is 0.989 bits per heavy atom. The number of amides is 1. The molecule has 3 aliphatic rings. The summed E-state index contributed by atoms with van der Waals surface area (Å²) < 4.78 is 34.5. The first kappa shape index (κ1) is 87.7. The third-order valence-corrected chi connectivity index (χ3v) is 20.1. The Hall–Kier alpha value is -1.47. The van der Waals surface area contributed by atoms with Gasteiger partial charge in [-0.25, -0.2) is 0 Å². The van der Waals surface area contributed by atoms with Gasteiger partial charge in [-0.1, -0.05) is 321 Å². The number of aliphatic hydroxyl groups is 11. The second-order valence-corrected chi connectivity index (χ2v) is 28.5. The molecule has 3 heterocycles. The Bertz CT molecular complexity index is 1770.